The van der Waals surface area contributed by atoms with Crippen LogP contribution in [0.2, 0.25) is 0 Å². The highest BCUT2D eigenvalue weighted by Gasteiger charge is 2.05. The maximum Gasteiger partial charge on any atom is 0.373 e. The molecule has 2 aromatic rings. The molecule has 0 amide bonds. The van der Waals surface area contributed by atoms with Crippen molar-refractivity contribution in [3.63, 3.8) is 0 Å². The minimum absolute atomic E-state index is 0.229. The van der Waals surface area contributed by atoms with E-state index in [-0.39, 0.29) is 11.6 Å². The number of aromatic carboxylic acids is 1. The van der Waals surface area contributed by atoms with E-state index in [0.29, 0.717) is 6.42 Å². The molecule has 17 heavy (non-hydrogen) atoms. The van der Waals surface area contributed by atoms with Crippen LogP contribution >= 0.6 is 0 Å². The Kier molecular flexibility index (Phi) is 3.09. The van der Waals surface area contributed by atoms with Gasteiger partial charge in [-0.05, 0) is 23.3 Å². The molecule has 0 spiro atoms. The molecule has 0 fully saturated rings. The second kappa shape index (κ2) is 4.69. The number of benzene rings is 1. The highest BCUT2D eigenvalue weighted by Crippen LogP contribution is 2.08. The van der Waals surface area contributed by atoms with E-state index < -0.39 is 5.97 Å². The summed E-state index contributed by atoms with van der Waals surface area (Å²) >= 11 is 0. The summed E-state index contributed by atoms with van der Waals surface area (Å²) in [6.45, 7) is 0. The molecule has 0 unspecified atom stereocenters. The van der Waals surface area contributed by atoms with Crippen molar-refractivity contribution >= 4 is 5.97 Å². The van der Waals surface area contributed by atoms with Crippen molar-refractivity contribution in [2.45, 2.75) is 6.42 Å². The molecule has 0 radical (unpaired) electrons. The van der Waals surface area contributed by atoms with E-state index in [0.717, 1.165) is 11.1 Å². The Hall–Kier alpha value is -2.30. The molecule has 2 rings (SSSR count). The molecule has 86 valence electrons. The second-order valence-corrected chi connectivity index (χ2v) is 3.52. The summed E-state index contributed by atoms with van der Waals surface area (Å²) in [4.78, 5) is 18.0. The molecule has 1 aromatic carbocycles. The summed E-state index contributed by atoms with van der Waals surface area (Å²) in [5.74, 6) is -1.67. The highest BCUT2D eigenvalue weighted by atomic mass is 19.1. The summed E-state index contributed by atoms with van der Waals surface area (Å²) in [7, 11) is 0. The van der Waals surface area contributed by atoms with E-state index in [1.165, 1.54) is 24.5 Å². The molecular formula is C12H9FN2O2. The van der Waals surface area contributed by atoms with Crippen LogP contribution in [0, 0.1) is 5.82 Å². The standard InChI is InChI=1S/C12H9FN2O2/c13-10-3-1-8(2-4-10)5-9-6-14-11(12(16)17)15-7-9/h1-4,6-7H,5H2,(H,16,17). The Morgan fingerprint density at radius 1 is 1.12 bits per heavy atom. The Morgan fingerprint density at radius 3 is 2.24 bits per heavy atom. The van der Waals surface area contributed by atoms with Gasteiger partial charge in [0.1, 0.15) is 5.82 Å². The summed E-state index contributed by atoms with van der Waals surface area (Å²) < 4.78 is 12.7. The van der Waals surface area contributed by atoms with E-state index in [2.05, 4.69) is 9.97 Å². The number of halogens is 1. The van der Waals surface area contributed by atoms with Crippen LogP contribution < -0.4 is 0 Å². The first-order chi connectivity index (χ1) is 8.15. The average molecular weight is 232 g/mol. The molecule has 0 aliphatic carbocycles. The number of carboxylic acid groups (broad SMARTS) is 1. The lowest BCUT2D eigenvalue weighted by atomic mass is 10.1. The molecule has 1 heterocycles. The summed E-state index contributed by atoms with van der Waals surface area (Å²) in [6, 6.07) is 6.09. The smallest absolute Gasteiger partial charge is 0.373 e. The SMILES string of the molecule is O=C(O)c1ncc(Cc2ccc(F)cc2)cn1. The van der Waals surface area contributed by atoms with Crippen LogP contribution in [0.25, 0.3) is 0 Å². The van der Waals surface area contributed by atoms with Crippen LogP contribution in [0.15, 0.2) is 36.7 Å². The zero-order chi connectivity index (χ0) is 12.3. The summed E-state index contributed by atoms with van der Waals surface area (Å²) in [5.41, 5.74) is 1.69. The van der Waals surface area contributed by atoms with Gasteiger partial charge in [-0.25, -0.2) is 19.2 Å². The zero-order valence-corrected chi connectivity index (χ0v) is 8.80. The fourth-order valence-electron chi connectivity index (χ4n) is 1.39. The predicted octanol–water partition coefficient (Wildman–Crippen LogP) is 1.90. The normalized spacial score (nSPS) is 10.2. The van der Waals surface area contributed by atoms with Crippen molar-refractivity contribution in [3.05, 3.63) is 59.4 Å². The number of carbonyl (C=O) groups is 1. The van der Waals surface area contributed by atoms with Gasteiger partial charge >= 0.3 is 5.97 Å². The lowest BCUT2D eigenvalue weighted by Crippen LogP contribution is -2.04. The zero-order valence-electron chi connectivity index (χ0n) is 8.80. The van der Waals surface area contributed by atoms with Crippen molar-refractivity contribution in [1.29, 1.82) is 0 Å². The highest BCUT2D eigenvalue weighted by molar-refractivity contribution is 5.82. The fraction of sp³-hybridized carbons (Fsp3) is 0.0833. The van der Waals surface area contributed by atoms with Crippen LogP contribution in [0.5, 0.6) is 0 Å². The van der Waals surface area contributed by atoms with E-state index in [4.69, 9.17) is 5.11 Å². The maximum absolute atomic E-state index is 12.7. The Labute approximate surface area is 96.8 Å². The largest absolute Gasteiger partial charge is 0.475 e. The minimum atomic E-state index is -1.15. The van der Waals surface area contributed by atoms with E-state index in [1.807, 2.05) is 0 Å². The molecule has 1 aromatic heterocycles. The molecule has 0 aliphatic heterocycles. The quantitative estimate of drug-likeness (QED) is 0.877. The summed E-state index contributed by atoms with van der Waals surface area (Å²) in [5, 5.41) is 8.63. The van der Waals surface area contributed by atoms with Crippen LogP contribution in [0.4, 0.5) is 4.39 Å². The van der Waals surface area contributed by atoms with Gasteiger partial charge in [-0.2, -0.15) is 0 Å². The monoisotopic (exact) mass is 232 g/mol. The van der Waals surface area contributed by atoms with Gasteiger partial charge in [0.05, 0.1) is 0 Å². The van der Waals surface area contributed by atoms with Crippen LogP contribution in [0.1, 0.15) is 21.7 Å². The van der Waals surface area contributed by atoms with E-state index >= 15 is 0 Å². The molecule has 1 N–H and O–H groups in total. The lowest BCUT2D eigenvalue weighted by Gasteiger charge is -2.01. The molecular weight excluding hydrogens is 223 g/mol. The van der Waals surface area contributed by atoms with Gasteiger partial charge in [0.25, 0.3) is 0 Å². The van der Waals surface area contributed by atoms with Gasteiger partial charge in [-0.1, -0.05) is 12.1 Å². The molecule has 0 saturated carbocycles. The first kappa shape index (κ1) is 11.2. The van der Waals surface area contributed by atoms with E-state index in [1.54, 1.807) is 12.1 Å². The molecule has 0 aliphatic rings. The van der Waals surface area contributed by atoms with Crippen LogP contribution in [-0.2, 0) is 6.42 Å². The summed E-state index contributed by atoms with van der Waals surface area (Å²) in [6.07, 6.45) is 3.46. The van der Waals surface area contributed by atoms with Crippen LogP contribution in [0.3, 0.4) is 0 Å². The first-order valence-electron chi connectivity index (χ1n) is 4.94. The Morgan fingerprint density at radius 2 is 1.71 bits per heavy atom. The minimum Gasteiger partial charge on any atom is -0.475 e. The van der Waals surface area contributed by atoms with Crippen molar-refractivity contribution < 1.29 is 14.3 Å². The van der Waals surface area contributed by atoms with Crippen molar-refractivity contribution in [3.8, 4) is 0 Å². The van der Waals surface area contributed by atoms with Gasteiger partial charge in [0.2, 0.25) is 5.82 Å². The number of hydrogen-bond donors (Lipinski definition) is 1. The maximum atomic E-state index is 12.7. The lowest BCUT2D eigenvalue weighted by molar-refractivity contribution is 0.0683. The molecule has 4 nitrogen and oxygen atoms in total. The molecule has 5 heteroatoms. The third-order valence-electron chi connectivity index (χ3n) is 2.22. The van der Waals surface area contributed by atoms with Crippen molar-refractivity contribution in [2.24, 2.45) is 0 Å². The number of nitrogens with zero attached hydrogens (tertiary/aromatic N) is 2. The molecule has 0 atom stereocenters. The first-order valence-corrected chi connectivity index (χ1v) is 4.94. The van der Waals surface area contributed by atoms with E-state index in [9.17, 15) is 9.18 Å². The van der Waals surface area contributed by atoms with Crippen molar-refractivity contribution in [1.82, 2.24) is 9.97 Å². The number of carboxylic acids is 1. The number of hydrogen-bond acceptors (Lipinski definition) is 3. The fourth-order valence-corrected chi connectivity index (χ4v) is 1.39. The van der Waals surface area contributed by atoms with Gasteiger partial charge in [0, 0.05) is 18.8 Å². The van der Waals surface area contributed by atoms with Gasteiger partial charge < -0.3 is 5.11 Å². The third-order valence-corrected chi connectivity index (χ3v) is 2.22. The molecule has 0 saturated heterocycles. The topological polar surface area (TPSA) is 63.1 Å². The van der Waals surface area contributed by atoms with Crippen molar-refractivity contribution in [2.75, 3.05) is 0 Å². The predicted molar refractivity (Wildman–Crippen MR) is 58.2 cm³/mol. The average Bonchev–Trinajstić information content (AvgIpc) is 2.33. The molecule has 0 bridgehead atoms. The number of aromatic nitrogens is 2. The Balaban J connectivity index is 2.13. The van der Waals surface area contributed by atoms with Crippen LogP contribution in [-0.4, -0.2) is 21.0 Å². The Bertz CT molecular complexity index is 523. The van der Waals surface area contributed by atoms with Gasteiger partial charge in [-0.3, -0.25) is 0 Å². The number of rotatable bonds is 3. The third kappa shape index (κ3) is 2.84. The van der Waals surface area contributed by atoms with Gasteiger partial charge in [-0.15, -0.1) is 0 Å². The van der Waals surface area contributed by atoms with Gasteiger partial charge in [0.15, 0.2) is 0 Å². The second-order valence-electron chi connectivity index (χ2n) is 3.52.